The van der Waals surface area contributed by atoms with Crippen molar-refractivity contribution in [2.45, 2.75) is 37.4 Å². The summed E-state index contributed by atoms with van der Waals surface area (Å²) in [5.74, 6) is -1.05. The van der Waals surface area contributed by atoms with Gasteiger partial charge < -0.3 is 14.9 Å². The number of nitrogens with zero attached hydrogens (tertiary/aromatic N) is 1. The number of hydrogen-bond acceptors (Lipinski definition) is 7. The minimum atomic E-state index is -1.61. The van der Waals surface area contributed by atoms with E-state index in [0.717, 1.165) is 22.4 Å². The first-order chi connectivity index (χ1) is 12.9. The van der Waals surface area contributed by atoms with Crippen molar-refractivity contribution in [2.24, 2.45) is 0 Å². The molecule has 2 heterocycles. The van der Waals surface area contributed by atoms with Crippen LogP contribution >= 0.6 is 0 Å². The number of hydrogen-bond donors (Lipinski definition) is 3. The molecule has 9 heteroatoms. The largest absolute Gasteiger partial charge is 0.387 e. The molecule has 2 aromatic rings. The molecule has 3 rings (SSSR count). The van der Waals surface area contributed by atoms with Gasteiger partial charge in [0.1, 0.15) is 24.1 Å². The van der Waals surface area contributed by atoms with Crippen molar-refractivity contribution in [3.8, 4) is 0 Å². The van der Waals surface area contributed by atoms with Gasteiger partial charge in [0.25, 0.3) is 5.56 Å². The van der Waals surface area contributed by atoms with Crippen LogP contribution in [0.4, 0.5) is 0 Å². The molecule has 1 aromatic carbocycles. The fourth-order valence-electron chi connectivity index (χ4n) is 2.96. The Morgan fingerprint density at radius 3 is 2.44 bits per heavy atom. The van der Waals surface area contributed by atoms with E-state index in [1.807, 2.05) is 11.1 Å². The summed E-state index contributed by atoms with van der Waals surface area (Å²) in [5, 5.41) is 20.2. The SMILES string of the molecule is O=C(CC(=O)[C@H]1O[C@@H](n2ccc(=O)[nH]c2=O)[C@H](O)[C@@H]1O)Cc1ccccc1. The van der Waals surface area contributed by atoms with Crippen molar-refractivity contribution in [3.63, 3.8) is 0 Å². The zero-order valence-electron chi connectivity index (χ0n) is 14.1. The van der Waals surface area contributed by atoms with Gasteiger partial charge in [-0.05, 0) is 5.56 Å². The van der Waals surface area contributed by atoms with Gasteiger partial charge >= 0.3 is 5.69 Å². The van der Waals surface area contributed by atoms with Crippen LogP contribution in [0.25, 0.3) is 0 Å². The highest BCUT2D eigenvalue weighted by atomic mass is 16.6. The standard InChI is InChI=1S/C18H18N2O7/c21-11(8-10-4-2-1-3-5-10)9-12(22)16-14(24)15(25)17(27-16)20-7-6-13(23)19-18(20)26/h1-7,14-17,24-25H,8-9H2,(H,19,23,26)/t14-,15+,16+,17+/m0/s1. The average Bonchev–Trinajstić information content (AvgIpc) is 2.91. The molecule has 0 spiro atoms. The summed E-state index contributed by atoms with van der Waals surface area (Å²) in [6.45, 7) is 0. The number of rotatable bonds is 6. The summed E-state index contributed by atoms with van der Waals surface area (Å²) >= 11 is 0. The Morgan fingerprint density at radius 2 is 1.78 bits per heavy atom. The summed E-state index contributed by atoms with van der Waals surface area (Å²) in [6.07, 6.45) is -5.32. The van der Waals surface area contributed by atoms with Crippen LogP contribution < -0.4 is 11.2 Å². The van der Waals surface area contributed by atoms with Crippen molar-refractivity contribution < 1.29 is 24.5 Å². The minimum Gasteiger partial charge on any atom is -0.387 e. The molecule has 3 N–H and O–H groups in total. The first-order valence-electron chi connectivity index (χ1n) is 8.28. The van der Waals surface area contributed by atoms with E-state index in [1.165, 1.54) is 0 Å². The number of benzene rings is 1. The number of aromatic amines is 1. The van der Waals surface area contributed by atoms with Crippen molar-refractivity contribution in [3.05, 3.63) is 69.0 Å². The number of ether oxygens (including phenoxy) is 1. The lowest BCUT2D eigenvalue weighted by atomic mass is 10.00. The molecule has 4 atom stereocenters. The number of ketones is 2. The zero-order valence-corrected chi connectivity index (χ0v) is 14.1. The van der Waals surface area contributed by atoms with Crippen LogP contribution in [0.15, 0.2) is 52.2 Å². The van der Waals surface area contributed by atoms with E-state index in [-0.39, 0.29) is 12.2 Å². The molecule has 0 amide bonds. The van der Waals surface area contributed by atoms with E-state index in [2.05, 4.69) is 0 Å². The number of aliphatic hydroxyl groups is 2. The van der Waals surface area contributed by atoms with E-state index in [9.17, 15) is 29.4 Å². The maximum absolute atomic E-state index is 12.4. The number of aliphatic hydroxyl groups excluding tert-OH is 2. The van der Waals surface area contributed by atoms with Gasteiger partial charge in [-0.1, -0.05) is 30.3 Å². The summed E-state index contributed by atoms with van der Waals surface area (Å²) in [7, 11) is 0. The molecule has 142 valence electrons. The fraction of sp³-hybridized carbons (Fsp3) is 0.333. The molecule has 0 unspecified atom stereocenters. The molecule has 9 nitrogen and oxygen atoms in total. The topological polar surface area (TPSA) is 139 Å². The van der Waals surface area contributed by atoms with Crippen LogP contribution in [-0.4, -0.2) is 49.6 Å². The summed E-state index contributed by atoms with van der Waals surface area (Å²) in [6, 6.07) is 9.91. The van der Waals surface area contributed by atoms with Crippen LogP contribution in [0.2, 0.25) is 0 Å². The zero-order chi connectivity index (χ0) is 19.6. The van der Waals surface area contributed by atoms with Crippen LogP contribution in [0.1, 0.15) is 18.2 Å². The van der Waals surface area contributed by atoms with Gasteiger partial charge in [-0.2, -0.15) is 0 Å². The third-order valence-electron chi connectivity index (χ3n) is 4.30. The molecular formula is C18H18N2O7. The fourth-order valence-corrected chi connectivity index (χ4v) is 2.96. The van der Waals surface area contributed by atoms with Crippen LogP contribution in [0.3, 0.4) is 0 Å². The molecule has 0 radical (unpaired) electrons. The number of carbonyl (C=O) groups is 2. The lowest BCUT2D eigenvalue weighted by Crippen LogP contribution is -2.38. The Kier molecular flexibility index (Phi) is 5.45. The number of aromatic nitrogens is 2. The van der Waals surface area contributed by atoms with Gasteiger partial charge in [0.15, 0.2) is 12.0 Å². The van der Waals surface area contributed by atoms with Crippen molar-refractivity contribution in [1.29, 1.82) is 0 Å². The third kappa shape index (κ3) is 4.11. The summed E-state index contributed by atoms with van der Waals surface area (Å²) in [4.78, 5) is 49.4. The van der Waals surface area contributed by atoms with Gasteiger partial charge in [0.2, 0.25) is 0 Å². The maximum atomic E-state index is 12.4. The van der Waals surface area contributed by atoms with E-state index < -0.39 is 48.0 Å². The molecule has 1 fully saturated rings. The highest BCUT2D eigenvalue weighted by Gasteiger charge is 2.47. The molecule has 1 aliphatic heterocycles. The van der Waals surface area contributed by atoms with Crippen molar-refractivity contribution >= 4 is 11.6 Å². The number of nitrogens with one attached hydrogen (secondary N) is 1. The van der Waals surface area contributed by atoms with Gasteiger partial charge in [-0.3, -0.25) is 23.9 Å². The first-order valence-corrected chi connectivity index (χ1v) is 8.28. The molecule has 1 aliphatic rings. The normalized spacial score (nSPS) is 24.7. The van der Waals surface area contributed by atoms with Crippen molar-refractivity contribution in [1.82, 2.24) is 9.55 Å². The third-order valence-corrected chi connectivity index (χ3v) is 4.30. The molecule has 1 saturated heterocycles. The highest BCUT2D eigenvalue weighted by molar-refractivity contribution is 6.02. The lowest BCUT2D eigenvalue weighted by molar-refractivity contribution is -0.138. The second-order valence-corrected chi connectivity index (χ2v) is 6.29. The molecule has 0 bridgehead atoms. The van der Waals surface area contributed by atoms with Crippen LogP contribution in [0, 0.1) is 0 Å². The van der Waals surface area contributed by atoms with Gasteiger partial charge in [-0.15, -0.1) is 0 Å². The van der Waals surface area contributed by atoms with E-state index in [0.29, 0.717) is 0 Å². The van der Waals surface area contributed by atoms with Gasteiger partial charge in [-0.25, -0.2) is 4.79 Å². The molecule has 27 heavy (non-hydrogen) atoms. The lowest BCUT2D eigenvalue weighted by Gasteiger charge is -2.16. The van der Waals surface area contributed by atoms with E-state index in [1.54, 1.807) is 24.3 Å². The van der Waals surface area contributed by atoms with Crippen LogP contribution in [0.5, 0.6) is 0 Å². The van der Waals surface area contributed by atoms with Gasteiger partial charge in [0.05, 0.1) is 6.42 Å². The summed E-state index contributed by atoms with van der Waals surface area (Å²) in [5.41, 5.74) is -0.740. The van der Waals surface area contributed by atoms with E-state index >= 15 is 0 Å². The second kappa shape index (κ2) is 7.78. The summed E-state index contributed by atoms with van der Waals surface area (Å²) < 4.78 is 6.21. The second-order valence-electron chi connectivity index (χ2n) is 6.29. The number of H-pyrrole nitrogens is 1. The molecule has 1 aromatic heterocycles. The molecule has 0 saturated carbocycles. The number of Topliss-reactive ketones (excluding diaryl/α,β-unsaturated/α-hetero) is 2. The Labute approximate surface area is 152 Å². The maximum Gasteiger partial charge on any atom is 0.330 e. The predicted molar refractivity (Wildman–Crippen MR) is 92.0 cm³/mol. The highest BCUT2D eigenvalue weighted by Crippen LogP contribution is 2.29. The molecular weight excluding hydrogens is 356 g/mol. The van der Waals surface area contributed by atoms with E-state index in [4.69, 9.17) is 4.74 Å². The predicted octanol–water partition coefficient (Wildman–Crippen LogP) is -1.07. The Hall–Kier alpha value is -2.88. The van der Waals surface area contributed by atoms with Crippen molar-refractivity contribution in [2.75, 3.05) is 0 Å². The minimum absolute atomic E-state index is 0.0563. The monoisotopic (exact) mass is 374 g/mol. The average molecular weight is 374 g/mol. The first kappa shape index (κ1) is 18.9. The van der Waals surface area contributed by atoms with Crippen LogP contribution in [-0.2, 0) is 20.7 Å². The Balaban J connectivity index is 1.69. The Bertz CT molecular complexity index is 950. The molecule has 0 aliphatic carbocycles. The van der Waals surface area contributed by atoms with Gasteiger partial charge in [0, 0.05) is 18.7 Å². The quantitative estimate of drug-likeness (QED) is 0.547. The smallest absolute Gasteiger partial charge is 0.330 e. The Morgan fingerprint density at radius 1 is 1.07 bits per heavy atom. The number of carbonyl (C=O) groups excluding carboxylic acids is 2.